The fourth-order valence-corrected chi connectivity index (χ4v) is 2.38. The Balaban J connectivity index is 1.87. The van der Waals surface area contributed by atoms with Crippen molar-refractivity contribution in [2.45, 2.75) is 0 Å². The van der Waals surface area contributed by atoms with E-state index in [0.717, 1.165) is 16.5 Å². The van der Waals surface area contributed by atoms with E-state index in [0.29, 0.717) is 11.4 Å². The van der Waals surface area contributed by atoms with Gasteiger partial charge in [0.05, 0.1) is 7.11 Å². The summed E-state index contributed by atoms with van der Waals surface area (Å²) in [7, 11) is 1.48. The average molecular weight is 313 g/mol. The summed E-state index contributed by atoms with van der Waals surface area (Å²) in [6, 6.07) is 16.8. The molecule has 5 heteroatoms. The van der Waals surface area contributed by atoms with Crippen molar-refractivity contribution in [3.63, 3.8) is 0 Å². The number of amides is 1. The number of fused-ring (bicyclic) bond motifs is 1. The lowest BCUT2D eigenvalue weighted by atomic mass is 10.1. The van der Waals surface area contributed by atoms with Crippen LogP contribution in [-0.4, -0.2) is 18.0 Å². The minimum atomic E-state index is -0.266. The van der Waals surface area contributed by atoms with E-state index in [-0.39, 0.29) is 11.1 Å². The molecule has 0 bridgehead atoms. The smallest absolute Gasteiger partial charge is 0.255 e. The number of nitrogens with zero attached hydrogens (tertiary/aromatic N) is 1. The summed E-state index contributed by atoms with van der Waals surface area (Å²) in [5.74, 6) is 0.0362. The molecule has 0 saturated carbocycles. The van der Waals surface area contributed by atoms with Crippen LogP contribution in [0.25, 0.3) is 10.8 Å². The molecule has 4 nitrogen and oxygen atoms in total. The number of ether oxygens (including phenoxy) is 1. The highest BCUT2D eigenvalue weighted by atomic mass is 35.5. The Kier molecular flexibility index (Phi) is 3.94. The van der Waals surface area contributed by atoms with E-state index in [1.165, 1.54) is 13.2 Å². The highest BCUT2D eigenvalue weighted by Crippen LogP contribution is 2.21. The van der Waals surface area contributed by atoms with Crippen LogP contribution >= 0.6 is 11.6 Å². The van der Waals surface area contributed by atoms with Crippen LogP contribution in [0, 0.1) is 0 Å². The van der Waals surface area contributed by atoms with Crippen molar-refractivity contribution >= 4 is 34.0 Å². The third kappa shape index (κ3) is 3.02. The summed E-state index contributed by atoms with van der Waals surface area (Å²) in [5, 5.41) is 5.24. The largest absolute Gasteiger partial charge is 0.481 e. The number of carbonyl (C=O) groups is 1. The van der Waals surface area contributed by atoms with Gasteiger partial charge in [0, 0.05) is 17.3 Å². The van der Waals surface area contributed by atoms with Crippen LogP contribution in [0.1, 0.15) is 10.4 Å². The number of methoxy groups -OCH3 is 1. The number of halogens is 1. The Morgan fingerprint density at radius 1 is 1.09 bits per heavy atom. The van der Waals surface area contributed by atoms with Crippen LogP contribution in [0.5, 0.6) is 5.88 Å². The van der Waals surface area contributed by atoms with Crippen LogP contribution in [-0.2, 0) is 0 Å². The van der Waals surface area contributed by atoms with E-state index in [1.54, 1.807) is 6.07 Å². The third-order valence-electron chi connectivity index (χ3n) is 3.25. The molecule has 0 saturated heterocycles. The highest BCUT2D eigenvalue weighted by Gasteiger charge is 2.10. The molecule has 0 radical (unpaired) electrons. The topological polar surface area (TPSA) is 51.2 Å². The minimum absolute atomic E-state index is 0.211. The summed E-state index contributed by atoms with van der Waals surface area (Å²) in [6.45, 7) is 0. The number of hydrogen-bond acceptors (Lipinski definition) is 3. The monoisotopic (exact) mass is 312 g/mol. The van der Waals surface area contributed by atoms with Crippen LogP contribution in [0.3, 0.4) is 0 Å². The van der Waals surface area contributed by atoms with Crippen LogP contribution in [0.2, 0.25) is 5.15 Å². The molecule has 0 unspecified atom stereocenters. The van der Waals surface area contributed by atoms with Crippen molar-refractivity contribution in [2.75, 3.05) is 12.4 Å². The molecule has 2 aromatic carbocycles. The quantitative estimate of drug-likeness (QED) is 0.739. The van der Waals surface area contributed by atoms with Gasteiger partial charge < -0.3 is 10.1 Å². The minimum Gasteiger partial charge on any atom is -0.481 e. The summed E-state index contributed by atoms with van der Waals surface area (Å²) in [4.78, 5) is 16.3. The maximum atomic E-state index is 12.3. The number of anilines is 1. The van der Waals surface area contributed by atoms with Crippen LogP contribution in [0.15, 0.2) is 54.6 Å². The normalized spacial score (nSPS) is 10.5. The number of nitrogens with one attached hydrogen (secondary N) is 1. The number of hydrogen-bond donors (Lipinski definition) is 1. The molecule has 3 aromatic rings. The molecule has 0 spiro atoms. The number of benzene rings is 2. The van der Waals surface area contributed by atoms with Gasteiger partial charge in [0.15, 0.2) is 0 Å². The summed E-state index contributed by atoms with van der Waals surface area (Å²) < 4.78 is 5.02. The van der Waals surface area contributed by atoms with Gasteiger partial charge in [-0.3, -0.25) is 4.79 Å². The Bertz CT molecular complexity index is 849. The third-order valence-corrected chi connectivity index (χ3v) is 3.44. The lowest BCUT2D eigenvalue weighted by Crippen LogP contribution is -2.12. The first-order valence-electron chi connectivity index (χ1n) is 6.67. The Hall–Kier alpha value is -2.59. The Morgan fingerprint density at radius 2 is 1.86 bits per heavy atom. The van der Waals surface area contributed by atoms with Crippen molar-refractivity contribution in [3.8, 4) is 5.88 Å². The molecule has 0 aliphatic heterocycles. The van der Waals surface area contributed by atoms with Gasteiger partial charge in [0.25, 0.3) is 5.91 Å². The zero-order valence-corrected chi connectivity index (χ0v) is 12.6. The number of carbonyl (C=O) groups excluding carboxylic acids is 1. The van der Waals surface area contributed by atoms with E-state index in [1.807, 2.05) is 42.5 Å². The van der Waals surface area contributed by atoms with E-state index < -0.39 is 0 Å². The summed E-state index contributed by atoms with van der Waals surface area (Å²) in [5.41, 5.74) is 1.11. The van der Waals surface area contributed by atoms with Gasteiger partial charge in [-0.2, -0.15) is 0 Å². The van der Waals surface area contributed by atoms with Gasteiger partial charge in [0.1, 0.15) is 5.15 Å². The van der Waals surface area contributed by atoms with Crippen LogP contribution in [0.4, 0.5) is 5.69 Å². The van der Waals surface area contributed by atoms with Crippen molar-refractivity contribution < 1.29 is 9.53 Å². The fourth-order valence-electron chi connectivity index (χ4n) is 2.18. The SMILES string of the molecule is COc1cc(C(=O)Nc2ccc3ccccc3c2)cc(Cl)n1. The zero-order valence-electron chi connectivity index (χ0n) is 11.8. The Morgan fingerprint density at radius 3 is 2.64 bits per heavy atom. The number of rotatable bonds is 3. The van der Waals surface area contributed by atoms with E-state index >= 15 is 0 Å². The Labute approximate surface area is 132 Å². The van der Waals surface area contributed by atoms with Crippen molar-refractivity contribution in [2.24, 2.45) is 0 Å². The van der Waals surface area contributed by atoms with Crippen molar-refractivity contribution in [3.05, 3.63) is 65.3 Å². The number of pyridine rings is 1. The van der Waals surface area contributed by atoms with E-state index in [2.05, 4.69) is 10.3 Å². The van der Waals surface area contributed by atoms with Gasteiger partial charge in [-0.15, -0.1) is 0 Å². The lowest BCUT2D eigenvalue weighted by molar-refractivity contribution is 0.102. The maximum absolute atomic E-state index is 12.3. The predicted molar refractivity (Wildman–Crippen MR) is 87.7 cm³/mol. The van der Waals surface area contributed by atoms with E-state index in [4.69, 9.17) is 16.3 Å². The van der Waals surface area contributed by atoms with Crippen molar-refractivity contribution in [1.29, 1.82) is 0 Å². The summed E-state index contributed by atoms with van der Waals surface area (Å²) >= 11 is 5.88. The van der Waals surface area contributed by atoms with Gasteiger partial charge in [-0.25, -0.2) is 4.98 Å². The summed E-state index contributed by atoms with van der Waals surface area (Å²) in [6.07, 6.45) is 0. The molecule has 1 amide bonds. The molecule has 0 atom stereocenters. The second kappa shape index (κ2) is 6.03. The zero-order chi connectivity index (χ0) is 15.5. The molecule has 22 heavy (non-hydrogen) atoms. The molecular formula is C17H13ClN2O2. The molecule has 1 N–H and O–H groups in total. The molecule has 0 fully saturated rings. The first kappa shape index (κ1) is 14.4. The second-order valence-electron chi connectivity index (χ2n) is 4.74. The van der Waals surface area contributed by atoms with Gasteiger partial charge in [-0.1, -0.05) is 41.9 Å². The van der Waals surface area contributed by atoms with E-state index in [9.17, 15) is 4.79 Å². The second-order valence-corrected chi connectivity index (χ2v) is 5.12. The van der Waals surface area contributed by atoms with Gasteiger partial charge in [0.2, 0.25) is 5.88 Å². The molecule has 3 rings (SSSR count). The predicted octanol–water partition coefficient (Wildman–Crippen LogP) is 4.15. The molecular weight excluding hydrogens is 300 g/mol. The molecule has 0 aliphatic rings. The van der Waals surface area contributed by atoms with Gasteiger partial charge in [-0.05, 0) is 29.0 Å². The van der Waals surface area contributed by atoms with Crippen molar-refractivity contribution in [1.82, 2.24) is 4.98 Å². The first-order valence-corrected chi connectivity index (χ1v) is 7.05. The molecule has 0 aliphatic carbocycles. The average Bonchev–Trinajstić information content (AvgIpc) is 2.54. The van der Waals surface area contributed by atoms with Crippen LogP contribution < -0.4 is 10.1 Å². The molecule has 110 valence electrons. The lowest BCUT2D eigenvalue weighted by Gasteiger charge is -2.08. The first-order chi connectivity index (χ1) is 10.7. The number of aromatic nitrogens is 1. The maximum Gasteiger partial charge on any atom is 0.255 e. The standard InChI is InChI=1S/C17H13ClN2O2/c1-22-16-10-13(9-15(18)20-16)17(21)19-14-7-6-11-4-2-3-5-12(11)8-14/h2-10H,1H3,(H,19,21). The van der Waals surface area contributed by atoms with Gasteiger partial charge >= 0.3 is 0 Å². The fraction of sp³-hybridized carbons (Fsp3) is 0.0588. The molecule has 1 heterocycles. The highest BCUT2D eigenvalue weighted by molar-refractivity contribution is 6.30. The molecule has 1 aromatic heterocycles.